The SMILES string of the molecule is C[Si](C)(C1c2ccccc2-c2ccccc21)C1c2cc(Br)ccc2-c2ccc(Br)cc21. The maximum absolute atomic E-state index is 3.76. The molecule has 0 bridgehead atoms. The Bertz CT molecular complexity index is 1260. The molecule has 0 atom stereocenters. The van der Waals surface area contributed by atoms with Crippen molar-refractivity contribution in [3.05, 3.63) is 116 Å². The van der Waals surface area contributed by atoms with Gasteiger partial charge in [0, 0.05) is 20.0 Å². The Morgan fingerprint density at radius 3 is 1.39 bits per heavy atom. The molecular weight excluding hydrogens is 524 g/mol. The van der Waals surface area contributed by atoms with Gasteiger partial charge < -0.3 is 0 Å². The van der Waals surface area contributed by atoms with Crippen LogP contribution in [0.5, 0.6) is 0 Å². The van der Waals surface area contributed by atoms with Crippen molar-refractivity contribution in [1.82, 2.24) is 0 Å². The van der Waals surface area contributed by atoms with Gasteiger partial charge in [0.25, 0.3) is 0 Å². The lowest BCUT2D eigenvalue weighted by atomic mass is 10.1. The van der Waals surface area contributed by atoms with E-state index < -0.39 is 8.07 Å². The van der Waals surface area contributed by atoms with Crippen LogP contribution < -0.4 is 0 Å². The first-order chi connectivity index (χ1) is 15.0. The van der Waals surface area contributed by atoms with Crippen molar-refractivity contribution in [3.63, 3.8) is 0 Å². The zero-order chi connectivity index (χ0) is 21.3. The Balaban J connectivity index is 1.62. The van der Waals surface area contributed by atoms with Gasteiger partial charge in [-0.25, -0.2) is 0 Å². The first-order valence-electron chi connectivity index (χ1n) is 10.7. The summed E-state index contributed by atoms with van der Waals surface area (Å²) in [7, 11) is -1.93. The Morgan fingerprint density at radius 1 is 0.516 bits per heavy atom. The predicted molar refractivity (Wildman–Crippen MR) is 140 cm³/mol. The maximum Gasteiger partial charge on any atom is 0.0731 e. The van der Waals surface area contributed by atoms with Crippen LogP contribution in [0.15, 0.2) is 93.9 Å². The van der Waals surface area contributed by atoms with Crippen molar-refractivity contribution in [1.29, 1.82) is 0 Å². The van der Waals surface area contributed by atoms with Crippen LogP contribution in [0.1, 0.15) is 33.3 Å². The lowest BCUT2D eigenvalue weighted by Gasteiger charge is -2.38. The highest BCUT2D eigenvalue weighted by molar-refractivity contribution is 9.10. The molecule has 0 nitrogen and oxygen atoms in total. The minimum Gasteiger partial charge on any atom is -0.0679 e. The molecule has 0 radical (unpaired) electrons. The minimum atomic E-state index is -1.93. The van der Waals surface area contributed by atoms with Gasteiger partial charge in [-0.15, -0.1) is 0 Å². The Hall–Kier alpha value is -1.94. The normalized spacial score (nSPS) is 14.8. The van der Waals surface area contributed by atoms with Crippen LogP contribution in [0.25, 0.3) is 22.3 Å². The molecule has 0 unspecified atom stereocenters. The lowest BCUT2D eigenvalue weighted by Crippen LogP contribution is -2.42. The van der Waals surface area contributed by atoms with Crippen molar-refractivity contribution in [2.75, 3.05) is 0 Å². The molecule has 0 fully saturated rings. The smallest absolute Gasteiger partial charge is 0.0679 e. The van der Waals surface area contributed by atoms with E-state index in [1.165, 1.54) is 53.5 Å². The van der Waals surface area contributed by atoms with Crippen molar-refractivity contribution in [2.45, 2.75) is 24.2 Å². The fourth-order valence-electron chi connectivity index (χ4n) is 6.13. The number of fused-ring (bicyclic) bond motifs is 6. The molecule has 2 aliphatic carbocycles. The molecule has 6 rings (SSSR count). The van der Waals surface area contributed by atoms with E-state index in [4.69, 9.17) is 0 Å². The van der Waals surface area contributed by atoms with Gasteiger partial charge in [-0.2, -0.15) is 0 Å². The monoisotopic (exact) mass is 544 g/mol. The van der Waals surface area contributed by atoms with Crippen LogP contribution in [0.4, 0.5) is 0 Å². The minimum absolute atomic E-state index is 0.441. The van der Waals surface area contributed by atoms with E-state index in [0.29, 0.717) is 11.1 Å². The molecule has 31 heavy (non-hydrogen) atoms. The van der Waals surface area contributed by atoms with Crippen LogP contribution in [-0.2, 0) is 0 Å². The maximum atomic E-state index is 3.76. The van der Waals surface area contributed by atoms with E-state index in [-0.39, 0.29) is 0 Å². The van der Waals surface area contributed by atoms with E-state index >= 15 is 0 Å². The molecule has 0 spiro atoms. The van der Waals surface area contributed by atoms with Crippen molar-refractivity contribution < 1.29 is 0 Å². The third-order valence-electron chi connectivity index (χ3n) is 7.26. The Kier molecular flexibility index (Phi) is 4.47. The van der Waals surface area contributed by atoms with Gasteiger partial charge in [-0.3, -0.25) is 0 Å². The average Bonchev–Trinajstić information content (AvgIpc) is 3.26. The molecular formula is C28H22Br2Si. The summed E-state index contributed by atoms with van der Waals surface area (Å²) >= 11 is 7.52. The third kappa shape index (κ3) is 2.83. The molecule has 3 heteroatoms. The van der Waals surface area contributed by atoms with Crippen LogP contribution in [0.3, 0.4) is 0 Å². The van der Waals surface area contributed by atoms with Gasteiger partial charge >= 0.3 is 0 Å². The summed E-state index contributed by atoms with van der Waals surface area (Å²) in [6.07, 6.45) is 0. The summed E-state index contributed by atoms with van der Waals surface area (Å²) in [6.45, 7) is 5.20. The molecule has 4 aromatic carbocycles. The zero-order valence-electron chi connectivity index (χ0n) is 17.5. The molecule has 0 saturated carbocycles. The molecule has 4 aromatic rings. The standard InChI is InChI=1S/C28H22Br2Si/c1-31(2,27-23-9-5-3-7-19(23)20-8-4-6-10-24(20)27)28-25-15-17(29)11-13-21(25)22-14-12-18(30)16-26(22)28/h3-16,27-28H,1-2H3. The molecule has 0 amide bonds. The average molecular weight is 546 g/mol. The Morgan fingerprint density at radius 2 is 0.903 bits per heavy atom. The van der Waals surface area contributed by atoms with Gasteiger partial charge in [0.15, 0.2) is 0 Å². The van der Waals surface area contributed by atoms with E-state index in [9.17, 15) is 0 Å². The predicted octanol–water partition coefficient (Wildman–Crippen LogP) is 8.92. The van der Waals surface area contributed by atoms with Crippen molar-refractivity contribution in [3.8, 4) is 22.3 Å². The van der Waals surface area contributed by atoms with Crippen molar-refractivity contribution >= 4 is 39.9 Å². The fraction of sp³-hybridized carbons (Fsp3) is 0.143. The number of hydrogen-bond acceptors (Lipinski definition) is 0. The van der Waals surface area contributed by atoms with E-state index in [2.05, 4.69) is 130 Å². The zero-order valence-corrected chi connectivity index (χ0v) is 21.7. The number of rotatable bonds is 2. The van der Waals surface area contributed by atoms with E-state index in [0.717, 1.165) is 0 Å². The molecule has 152 valence electrons. The van der Waals surface area contributed by atoms with Gasteiger partial charge in [0.2, 0.25) is 0 Å². The lowest BCUT2D eigenvalue weighted by molar-refractivity contribution is 1.01. The van der Waals surface area contributed by atoms with Crippen LogP contribution in [-0.4, -0.2) is 8.07 Å². The molecule has 0 saturated heterocycles. The molecule has 0 aromatic heterocycles. The highest BCUT2D eigenvalue weighted by atomic mass is 79.9. The van der Waals surface area contributed by atoms with Crippen molar-refractivity contribution in [2.24, 2.45) is 0 Å². The summed E-state index contributed by atoms with van der Waals surface area (Å²) in [5.41, 5.74) is 12.6. The van der Waals surface area contributed by atoms with Crippen LogP contribution in [0, 0.1) is 0 Å². The second-order valence-electron chi connectivity index (χ2n) is 9.33. The molecule has 0 aliphatic heterocycles. The van der Waals surface area contributed by atoms with Crippen LogP contribution >= 0.6 is 31.9 Å². The molecule has 2 aliphatic rings. The number of halogens is 2. The number of hydrogen-bond donors (Lipinski definition) is 0. The highest BCUT2D eigenvalue weighted by Gasteiger charge is 2.49. The van der Waals surface area contributed by atoms with Crippen LogP contribution in [0.2, 0.25) is 13.1 Å². The quantitative estimate of drug-likeness (QED) is 0.220. The molecule has 0 N–H and O–H groups in total. The summed E-state index contributed by atoms with van der Waals surface area (Å²) < 4.78 is 2.33. The second-order valence-corrected chi connectivity index (χ2v) is 16.0. The van der Waals surface area contributed by atoms with Gasteiger partial charge in [-0.1, -0.05) is 106 Å². The first-order valence-corrected chi connectivity index (χ1v) is 15.5. The fourth-order valence-corrected chi connectivity index (χ4v) is 11.4. The first kappa shape index (κ1) is 19.7. The summed E-state index contributed by atoms with van der Waals surface area (Å²) in [4.78, 5) is 0. The highest BCUT2D eigenvalue weighted by Crippen LogP contribution is 2.57. The Labute approximate surface area is 201 Å². The van der Waals surface area contributed by atoms with Gasteiger partial charge in [0.1, 0.15) is 0 Å². The van der Waals surface area contributed by atoms with E-state index in [1.807, 2.05) is 0 Å². The van der Waals surface area contributed by atoms with E-state index in [1.54, 1.807) is 0 Å². The van der Waals surface area contributed by atoms with Gasteiger partial charge in [-0.05, 0) is 68.8 Å². The largest absolute Gasteiger partial charge is 0.0731 e. The summed E-state index contributed by atoms with van der Waals surface area (Å²) in [5, 5.41) is 0. The number of benzene rings is 4. The summed E-state index contributed by atoms with van der Waals surface area (Å²) in [5.74, 6) is 0. The molecule has 0 heterocycles. The summed E-state index contributed by atoms with van der Waals surface area (Å²) in [6, 6.07) is 31.8. The third-order valence-corrected chi connectivity index (χ3v) is 12.5. The second kappa shape index (κ2) is 7.03. The topological polar surface area (TPSA) is 0 Å². The van der Waals surface area contributed by atoms with Gasteiger partial charge in [0.05, 0.1) is 8.07 Å².